The maximum Gasteiger partial charge on any atom is 0.0376 e. The van der Waals surface area contributed by atoms with Gasteiger partial charge in [0, 0.05) is 37.1 Å². The fourth-order valence-corrected chi connectivity index (χ4v) is 2.87. The molecule has 0 saturated carbocycles. The molecule has 1 unspecified atom stereocenters. The van der Waals surface area contributed by atoms with Gasteiger partial charge in [-0.25, -0.2) is 0 Å². The summed E-state index contributed by atoms with van der Waals surface area (Å²) in [5.74, 6) is 0.641. The van der Waals surface area contributed by atoms with E-state index < -0.39 is 0 Å². The van der Waals surface area contributed by atoms with Crippen LogP contribution in [0.1, 0.15) is 23.5 Å². The summed E-state index contributed by atoms with van der Waals surface area (Å²) in [6, 6.07) is 12.8. The molecule has 0 aliphatic carbocycles. The Labute approximate surface area is 120 Å². The van der Waals surface area contributed by atoms with Crippen LogP contribution in [-0.2, 0) is 6.54 Å². The van der Waals surface area contributed by atoms with Crippen LogP contribution in [-0.4, -0.2) is 30.0 Å². The Hall–Kier alpha value is -1.87. The molecule has 1 N–H and O–H groups in total. The lowest BCUT2D eigenvalue weighted by Crippen LogP contribution is -2.21. The second kappa shape index (κ2) is 6.06. The summed E-state index contributed by atoms with van der Waals surface area (Å²) in [5.41, 5.74) is 4.06. The summed E-state index contributed by atoms with van der Waals surface area (Å²) in [5, 5.41) is 3.50. The summed E-state index contributed by atoms with van der Waals surface area (Å²) < 4.78 is 0. The van der Waals surface area contributed by atoms with Gasteiger partial charge in [-0.05, 0) is 43.3 Å². The third kappa shape index (κ3) is 2.99. The number of rotatable bonds is 5. The van der Waals surface area contributed by atoms with Crippen molar-refractivity contribution in [3.05, 3.63) is 59.9 Å². The first-order valence-corrected chi connectivity index (χ1v) is 7.23. The first-order chi connectivity index (χ1) is 9.83. The van der Waals surface area contributed by atoms with Gasteiger partial charge in [0.15, 0.2) is 0 Å². The number of nitrogens with zero attached hydrogens (tertiary/aromatic N) is 2. The van der Waals surface area contributed by atoms with Crippen LogP contribution in [0, 0.1) is 0 Å². The van der Waals surface area contributed by atoms with Crippen LogP contribution in [0.3, 0.4) is 0 Å². The van der Waals surface area contributed by atoms with Crippen LogP contribution < -0.4 is 5.32 Å². The van der Waals surface area contributed by atoms with E-state index in [1.807, 2.05) is 18.5 Å². The van der Waals surface area contributed by atoms with Gasteiger partial charge in [0.1, 0.15) is 0 Å². The molecule has 0 amide bonds. The van der Waals surface area contributed by atoms with Crippen LogP contribution in [0.5, 0.6) is 0 Å². The molecule has 0 radical (unpaired) electrons. The molecule has 1 aliphatic rings. The molecule has 1 atom stereocenters. The third-order valence-corrected chi connectivity index (χ3v) is 3.97. The zero-order chi connectivity index (χ0) is 13.8. The van der Waals surface area contributed by atoms with Crippen molar-refractivity contribution in [1.82, 2.24) is 9.88 Å². The molecule has 0 bridgehead atoms. The fourth-order valence-electron chi connectivity index (χ4n) is 2.87. The topological polar surface area (TPSA) is 28.2 Å². The summed E-state index contributed by atoms with van der Waals surface area (Å²) in [6.07, 6.45) is 4.97. The molecule has 2 heterocycles. The van der Waals surface area contributed by atoms with Gasteiger partial charge in [-0.1, -0.05) is 24.3 Å². The third-order valence-electron chi connectivity index (χ3n) is 3.97. The first kappa shape index (κ1) is 13.1. The van der Waals surface area contributed by atoms with Gasteiger partial charge in [0.05, 0.1) is 0 Å². The number of hydrogen-bond acceptors (Lipinski definition) is 3. The van der Waals surface area contributed by atoms with Crippen molar-refractivity contribution >= 4 is 5.69 Å². The number of benzene rings is 1. The highest BCUT2D eigenvalue weighted by molar-refractivity contribution is 5.57. The highest BCUT2D eigenvalue weighted by Crippen LogP contribution is 2.33. The number of pyridine rings is 1. The Morgan fingerprint density at radius 1 is 1.25 bits per heavy atom. The fraction of sp³-hybridized carbons (Fsp3) is 0.353. The van der Waals surface area contributed by atoms with E-state index in [2.05, 4.69) is 52.6 Å². The van der Waals surface area contributed by atoms with Crippen molar-refractivity contribution in [1.29, 1.82) is 0 Å². The molecule has 0 fully saturated rings. The van der Waals surface area contributed by atoms with Crippen molar-refractivity contribution in [3.63, 3.8) is 0 Å². The van der Waals surface area contributed by atoms with Crippen molar-refractivity contribution in [2.45, 2.75) is 18.9 Å². The molecule has 104 valence electrons. The van der Waals surface area contributed by atoms with Crippen molar-refractivity contribution in [3.8, 4) is 0 Å². The molecular weight excluding hydrogens is 246 g/mol. The Bertz CT molecular complexity index is 553. The average Bonchev–Trinajstić information content (AvgIpc) is 2.89. The minimum Gasteiger partial charge on any atom is -0.384 e. The Balaban J connectivity index is 1.53. The molecule has 3 rings (SSSR count). The molecule has 2 aromatic rings. The van der Waals surface area contributed by atoms with Gasteiger partial charge in [-0.2, -0.15) is 0 Å². The van der Waals surface area contributed by atoms with Crippen LogP contribution in [0.25, 0.3) is 0 Å². The van der Waals surface area contributed by atoms with Crippen molar-refractivity contribution < 1.29 is 0 Å². The number of fused-ring (bicyclic) bond motifs is 1. The molecule has 1 aliphatic heterocycles. The van der Waals surface area contributed by atoms with E-state index in [9.17, 15) is 0 Å². The van der Waals surface area contributed by atoms with Gasteiger partial charge in [-0.15, -0.1) is 0 Å². The summed E-state index contributed by atoms with van der Waals surface area (Å²) in [7, 11) is 2.18. The Kier molecular flexibility index (Phi) is 3.97. The number of nitrogens with one attached hydrogen (secondary N) is 1. The first-order valence-electron chi connectivity index (χ1n) is 7.23. The molecule has 0 saturated heterocycles. The van der Waals surface area contributed by atoms with E-state index in [1.165, 1.54) is 23.2 Å². The molecule has 1 aromatic carbocycles. The minimum absolute atomic E-state index is 0.641. The van der Waals surface area contributed by atoms with Crippen LogP contribution >= 0.6 is 0 Å². The van der Waals surface area contributed by atoms with E-state index >= 15 is 0 Å². The van der Waals surface area contributed by atoms with Gasteiger partial charge in [0.25, 0.3) is 0 Å². The van der Waals surface area contributed by atoms with Crippen LogP contribution in [0.2, 0.25) is 0 Å². The predicted octanol–water partition coefficient (Wildman–Crippen LogP) is 3.11. The van der Waals surface area contributed by atoms with Crippen LogP contribution in [0.4, 0.5) is 5.69 Å². The SMILES string of the molecule is CN(CCC1CNc2ccccc21)Cc1cccnc1. The predicted molar refractivity (Wildman–Crippen MR) is 82.9 cm³/mol. The summed E-state index contributed by atoms with van der Waals surface area (Å²) in [6.45, 7) is 3.14. The molecule has 20 heavy (non-hydrogen) atoms. The Morgan fingerprint density at radius 3 is 3.00 bits per heavy atom. The lowest BCUT2D eigenvalue weighted by Gasteiger charge is -2.19. The quantitative estimate of drug-likeness (QED) is 0.902. The summed E-state index contributed by atoms with van der Waals surface area (Å²) >= 11 is 0. The highest BCUT2D eigenvalue weighted by atomic mass is 15.1. The lowest BCUT2D eigenvalue weighted by atomic mass is 9.98. The largest absolute Gasteiger partial charge is 0.384 e. The number of para-hydroxylation sites is 1. The molecule has 0 spiro atoms. The van der Waals surface area contributed by atoms with Crippen molar-refractivity contribution in [2.75, 3.05) is 25.5 Å². The van der Waals surface area contributed by atoms with E-state index in [-0.39, 0.29) is 0 Å². The van der Waals surface area contributed by atoms with E-state index in [1.54, 1.807) is 0 Å². The van der Waals surface area contributed by atoms with E-state index in [0.717, 1.165) is 19.6 Å². The standard InChI is InChI=1S/C17H21N3/c1-20(13-14-5-4-9-18-11-14)10-8-15-12-19-17-7-3-2-6-16(15)17/h2-7,9,11,15,19H,8,10,12-13H2,1H3. The van der Waals surface area contributed by atoms with Gasteiger partial charge >= 0.3 is 0 Å². The maximum absolute atomic E-state index is 4.17. The van der Waals surface area contributed by atoms with E-state index in [0.29, 0.717) is 5.92 Å². The second-order valence-corrected chi connectivity index (χ2v) is 5.55. The maximum atomic E-state index is 4.17. The van der Waals surface area contributed by atoms with Crippen LogP contribution in [0.15, 0.2) is 48.8 Å². The number of anilines is 1. The smallest absolute Gasteiger partial charge is 0.0376 e. The zero-order valence-corrected chi connectivity index (χ0v) is 11.9. The average molecular weight is 267 g/mol. The zero-order valence-electron chi connectivity index (χ0n) is 11.9. The number of aromatic nitrogens is 1. The van der Waals surface area contributed by atoms with E-state index in [4.69, 9.17) is 0 Å². The lowest BCUT2D eigenvalue weighted by molar-refractivity contribution is 0.313. The normalized spacial score (nSPS) is 17.0. The molecular formula is C17H21N3. The molecule has 3 heteroatoms. The van der Waals surface area contributed by atoms with Gasteiger partial charge in [-0.3, -0.25) is 4.98 Å². The van der Waals surface area contributed by atoms with Crippen molar-refractivity contribution in [2.24, 2.45) is 0 Å². The minimum atomic E-state index is 0.641. The summed E-state index contributed by atoms with van der Waals surface area (Å²) in [4.78, 5) is 6.54. The number of hydrogen-bond donors (Lipinski definition) is 1. The second-order valence-electron chi connectivity index (χ2n) is 5.55. The molecule has 3 nitrogen and oxygen atoms in total. The monoisotopic (exact) mass is 267 g/mol. The highest BCUT2D eigenvalue weighted by Gasteiger charge is 2.21. The van der Waals surface area contributed by atoms with Gasteiger partial charge < -0.3 is 10.2 Å². The molecule has 1 aromatic heterocycles. The van der Waals surface area contributed by atoms with Gasteiger partial charge in [0.2, 0.25) is 0 Å². The Morgan fingerprint density at radius 2 is 2.15 bits per heavy atom.